The van der Waals surface area contributed by atoms with Gasteiger partial charge in [0.25, 0.3) is 0 Å². The van der Waals surface area contributed by atoms with Crippen molar-refractivity contribution >= 4 is 17.1 Å². The van der Waals surface area contributed by atoms with Crippen LogP contribution in [0.4, 0.5) is 0 Å². The fourth-order valence-electron chi connectivity index (χ4n) is 1.09. The molecule has 0 atom stereocenters. The van der Waals surface area contributed by atoms with Crippen LogP contribution in [-0.2, 0) is 11.2 Å². The topological polar surface area (TPSA) is 122 Å². The van der Waals surface area contributed by atoms with Gasteiger partial charge in [-0.1, -0.05) is 5.16 Å². The van der Waals surface area contributed by atoms with Gasteiger partial charge >= 0.3 is 5.97 Å². The van der Waals surface area contributed by atoms with Crippen molar-refractivity contribution in [1.82, 2.24) is 10.1 Å². The normalized spacial score (nSPS) is 9.47. The van der Waals surface area contributed by atoms with Gasteiger partial charge in [-0.25, -0.2) is 5.90 Å². The molecule has 0 aliphatic rings. The average molecular weight is 211 g/mol. The third kappa shape index (κ3) is 2.48. The molecular formula is C8H9N3O4. The molecule has 0 aliphatic carbocycles. The second kappa shape index (κ2) is 5.03. The van der Waals surface area contributed by atoms with E-state index in [1.165, 1.54) is 0 Å². The first kappa shape index (κ1) is 11.1. The van der Waals surface area contributed by atoms with E-state index in [-0.39, 0.29) is 6.42 Å². The smallest absolute Gasteiger partial charge is 0.309 e. The molecule has 80 valence electrons. The van der Waals surface area contributed by atoms with Crippen molar-refractivity contribution in [1.29, 1.82) is 0 Å². The van der Waals surface area contributed by atoms with Crippen LogP contribution in [-0.4, -0.2) is 26.4 Å². The average Bonchev–Trinajstić information content (AvgIpc) is 2.64. The lowest BCUT2D eigenvalue weighted by Gasteiger charge is -1.87. The Hall–Kier alpha value is -1.99. The molecule has 0 radical (unpaired) electrons. The summed E-state index contributed by atoms with van der Waals surface area (Å²) >= 11 is 0. The van der Waals surface area contributed by atoms with Crippen molar-refractivity contribution in [2.75, 3.05) is 0 Å². The first-order valence-corrected chi connectivity index (χ1v) is 3.94. The Morgan fingerprint density at radius 3 is 2.93 bits per heavy atom. The number of nitrogens with two attached hydrogens (primary N) is 1. The van der Waals surface area contributed by atoms with E-state index in [4.69, 9.17) is 14.8 Å². The number of hydrogen-bond acceptors (Lipinski definition) is 6. The Morgan fingerprint density at radius 1 is 1.53 bits per heavy atom. The molecule has 0 aliphatic heterocycles. The number of nitrogens with zero attached hydrogens (tertiary/aromatic N) is 2. The Morgan fingerprint density at radius 2 is 2.27 bits per heavy atom. The monoisotopic (exact) mass is 211 g/mol. The highest BCUT2D eigenvalue weighted by Gasteiger charge is 2.11. The number of fused-ring (bicyclic) bond motifs is 1. The molecule has 2 aromatic rings. The minimum absolute atomic E-state index is 0.163. The maximum absolute atomic E-state index is 10.4. The predicted octanol–water partition coefficient (Wildman–Crippen LogP) is 0.184. The first-order valence-electron chi connectivity index (χ1n) is 3.94. The fourth-order valence-corrected chi connectivity index (χ4v) is 1.09. The number of carboxylic acids is 1. The zero-order chi connectivity index (χ0) is 11.3. The van der Waals surface area contributed by atoms with E-state index in [0.29, 0.717) is 16.8 Å². The molecule has 7 heteroatoms. The second-order valence-corrected chi connectivity index (χ2v) is 2.55. The standard InChI is InChI=1S/C8H6N2O3.H3NO/c11-7(12)4-5-8-6(13-10-5)2-1-3-9-8;1-2/h1-3H,4H2,(H,11,12);2H,1H2. The van der Waals surface area contributed by atoms with Crippen LogP contribution in [0.15, 0.2) is 22.9 Å². The highest BCUT2D eigenvalue weighted by atomic mass is 16.5. The number of aromatic nitrogens is 2. The van der Waals surface area contributed by atoms with Crippen molar-refractivity contribution in [2.45, 2.75) is 6.42 Å². The van der Waals surface area contributed by atoms with E-state index in [1.807, 2.05) is 0 Å². The Kier molecular flexibility index (Phi) is 3.72. The highest BCUT2D eigenvalue weighted by Crippen LogP contribution is 2.14. The molecule has 4 N–H and O–H groups in total. The van der Waals surface area contributed by atoms with Crippen LogP contribution in [0, 0.1) is 0 Å². The third-order valence-corrected chi connectivity index (χ3v) is 1.62. The van der Waals surface area contributed by atoms with E-state index in [2.05, 4.69) is 16.0 Å². The summed E-state index contributed by atoms with van der Waals surface area (Å²) in [5, 5.41) is 18.7. The summed E-state index contributed by atoms with van der Waals surface area (Å²) in [6.45, 7) is 0. The minimum Gasteiger partial charge on any atom is -0.481 e. The van der Waals surface area contributed by atoms with E-state index < -0.39 is 5.97 Å². The van der Waals surface area contributed by atoms with Crippen molar-refractivity contribution in [3.63, 3.8) is 0 Å². The molecule has 0 aromatic carbocycles. The van der Waals surface area contributed by atoms with Gasteiger partial charge in [-0.2, -0.15) is 0 Å². The van der Waals surface area contributed by atoms with Gasteiger partial charge < -0.3 is 14.8 Å². The first-order chi connectivity index (χ1) is 7.27. The molecule has 2 rings (SSSR count). The molecule has 7 nitrogen and oxygen atoms in total. The van der Waals surface area contributed by atoms with E-state index >= 15 is 0 Å². The van der Waals surface area contributed by atoms with Crippen LogP contribution in [0.2, 0.25) is 0 Å². The summed E-state index contributed by atoms with van der Waals surface area (Å²) < 4.78 is 4.87. The second-order valence-electron chi connectivity index (χ2n) is 2.55. The van der Waals surface area contributed by atoms with Gasteiger partial charge in [0.15, 0.2) is 5.58 Å². The van der Waals surface area contributed by atoms with Crippen molar-refractivity contribution in [2.24, 2.45) is 5.90 Å². The van der Waals surface area contributed by atoms with Gasteiger partial charge in [0.2, 0.25) is 0 Å². The largest absolute Gasteiger partial charge is 0.481 e. The van der Waals surface area contributed by atoms with Gasteiger partial charge in [-0.3, -0.25) is 9.78 Å². The lowest BCUT2D eigenvalue weighted by molar-refractivity contribution is -0.136. The van der Waals surface area contributed by atoms with Crippen LogP contribution in [0.1, 0.15) is 5.69 Å². The third-order valence-electron chi connectivity index (χ3n) is 1.62. The Balaban J connectivity index is 0.000000531. The fraction of sp³-hybridized carbons (Fsp3) is 0.125. The summed E-state index contributed by atoms with van der Waals surface area (Å²) in [4.78, 5) is 14.4. The Bertz CT molecular complexity index is 454. The van der Waals surface area contributed by atoms with Gasteiger partial charge in [0.05, 0.1) is 6.42 Å². The van der Waals surface area contributed by atoms with Crippen molar-refractivity contribution in [3.8, 4) is 0 Å². The maximum Gasteiger partial charge on any atom is 0.309 e. The quantitative estimate of drug-likeness (QED) is 0.605. The summed E-state index contributed by atoms with van der Waals surface area (Å²) in [5.41, 5.74) is 1.40. The highest BCUT2D eigenvalue weighted by molar-refractivity contribution is 5.80. The summed E-state index contributed by atoms with van der Waals surface area (Å²) in [6.07, 6.45) is 1.41. The minimum atomic E-state index is -0.944. The van der Waals surface area contributed by atoms with Crippen LogP contribution < -0.4 is 5.90 Å². The molecule has 2 aromatic heterocycles. The van der Waals surface area contributed by atoms with Gasteiger partial charge in [-0.05, 0) is 12.1 Å². The van der Waals surface area contributed by atoms with E-state index in [1.54, 1.807) is 18.3 Å². The zero-order valence-corrected chi connectivity index (χ0v) is 7.62. The van der Waals surface area contributed by atoms with E-state index in [9.17, 15) is 4.79 Å². The molecule has 0 unspecified atom stereocenters. The number of aliphatic carboxylic acids is 1. The van der Waals surface area contributed by atoms with Crippen LogP contribution in [0.5, 0.6) is 0 Å². The van der Waals surface area contributed by atoms with Crippen LogP contribution in [0.3, 0.4) is 0 Å². The van der Waals surface area contributed by atoms with Crippen molar-refractivity contribution < 1.29 is 19.6 Å². The summed E-state index contributed by atoms with van der Waals surface area (Å²) in [7, 11) is 0. The summed E-state index contributed by atoms with van der Waals surface area (Å²) in [6, 6.07) is 3.40. The SMILES string of the molecule is NO.O=C(O)Cc1noc2cccnc12. The maximum atomic E-state index is 10.4. The molecule has 2 heterocycles. The molecule has 15 heavy (non-hydrogen) atoms. The van der Waals surface area contributed by atoms with Gasteiger partial charge in [0.1, 0.15) is 11.2 Å². The molecule has 0 bridgehead atoms. The molecule has 0 fully saturated rings. The Labute approximate surface area is 84.1 Å². The zero-order valence-electron chi connectivity index (χ0n) is 7.62. The molecular weight excluding hydrogens is 202 g/mol. The van der Waals surface area contributed by atoms with Crippen molar-refractivity contribution in [3.05, 3.63) is 24.0 Å². The molecule has 0 saturated carbocycles. The van der Waals surface area contributed by atoms with Gasteiger partial charge in [-0.15, -0.1) is 0 Å². The summed E-state index contributed by atoms with van der Waals surface area (Å²) in [5.74, 6) is 2.56. The molecule has 0 amide bonds. The molecule has 0 saturated heterocycles. The molecule has 0 spiro atoms. The number of hydrogen-bond donors (Lipinski definition) is 3. The lowest BCUT2D eigenvalue weighted by Crippen LogP contribution is -2.00. The predicted molar refractivity (Wildman–Crippen MR) is 49.1 cm³/mol. The number of carboxylic acid groups (broad SMARTS) is 1. The number of carbonyl (C=O) groups is 1. The van der Waals surface area contributed by atoms with Crippen LogP contribution in [0.25, 0.3) is 11.1 Å². The number of pyridine rings is 1. The van der Waals surface area contributed by atoms with Gasteiger partial charge in [0, 0.05) is 6.20 Å². The number of rotatable bonds is 2. The van der Waals surface area contributed by atoms with E-state index in [0.717, 1.165) is 0 Å². The lowest BCUT2D eigenvalue weighted by atomic mass is 10.2. The van der Waals surface area contributed by atoms with Crippen LogP contribution >= 0.6 is 0 Å².